The third-order valence-electron chi connectivity index (χ3n) is 6.58. The van der Waals surface area contributed by atoms with Gasteiger partial charge < -0.3 is 9.64 Å². The molecule has 2 aliphatic rings. The van der Waals surface area contributed by atoms with Crippen LogP contribution in [0, 0.1) is 24.1 Å². The Labute approximate surface area is 210 Å². The van der Waals surface area contributed by atoms with Crippen LogP contribution in [0.2, 0.25) is 0 Å². The van der Waals surface area contributed by atoms with Crippen molar-refractivity contribution in [2.45, 2.75) is 44.0 Å². The number of benzene rings is 2. The number of rotatable bonds is 5. The fourth-order valence-corrected chi connectivity index (χ4v) is 6.14. The second kappa shape index (κ2) is 9.84. The molecule has 1 saturated heterocycles. The molecule has 8 nitrogen and oxygen atoms in total. The molecule has 186 valence electrons. The summed E-state index contributed by atoms with van der Waals surface area (Å²) in [5.41, 5.74) is 1.84. The number of aryl methyl sites for hydroxylation is 1. The first-order valence-corrected chi connectivity index (χ1v) is 13.4. The predicted molar refractivity (Wildman–Crippen MR) is 132 cm³/mol. The lowest BCUT2D eigenvalue weighted by atomic mass is 10.1. The van der Waals surface area contributed by atoms with Crippen molar-refractivity contribution in [3.8, 4) is 17.7 Å². The summed E-state index contributed by atoms with van der Waals surface area (Å²) in [6, 6.07) is 12.6. The van der Waals surface area contributed by atoms with Gasteiger partial charge in [-0.15, -0.1) is 0 Å². The van der Waals surface area contributed by atoms with Gasteiger partial charge in [0.1, 0.15) is 17.6 Å². The minimum absolute atomic E-state index is 0.00716. The molecule has 0 bridgehead atoms. The summed E-state index contributed by atoms with van der Waals surface area (Å²) in [4.78, 5) is 11.6. The van der Waals surface area contributed by atoms with Crippen LogP contribution in [0.3, 0.4) is 0 Å². The van der Waals surface area contributed by atoms with Crippen molar-refractivity contribution in [3.63, 3.8) is 0 Å². The van der Waals surface area contributed by atoms with Crippen LogP contribution in [0.25, 0.3) is 0 Å². The molecule has 0 saturated carbocycles. The van der Waals surface area contributed by atoms with Crippen LogP contribution >= 0.6 is 0 Å². The third kappa shape index (κ3) is 4.64. The first-order chi connectivity index (χ1) is 17.4. The van der Waals surface area contributed by atoms with E-state index in [2.05, 4.69) is 4.90 Å². The number of nitriles is 1. The lowest BCUT2D eigenvalue weighted by Gasteiger charge is -2.31. The summed E-state index contributed by atoms with van der Waals surface area (Å²) >= 11 is 0. The van der Waals surface area contributed by atoms with Gasteiger partial charge in [0.2, 0.25) is 21.9 Å². The molecule has 0 amide bonds. The van der Waals surface area contributed by atoms with E-state index < -0.39 is 10.0 Å². The highest BCUT2D eigenvalue weighted by molar-refractivity contribution is 7.89. The van der Waals surface area contributed by atoms with Gasteiger partial charge >= 0.3 is 0 Å². The van der Waals surface area contributed by atoms with E-state index >= 15 is 0 Å². The van der Waals surface area contributed by atoms with Crippen LogP contribution in [0.15, 0.2) is 47.4 Å². The number of ether oxygens (including phenoxy) is 1. The van der Waals surface area contributed by atoms with Gasteiger partial charge in [0.15, 0.2) is 0 Å². The largest absolute Gasteiger partial charge is 0.438 e. The van der Waals surface area contributed by atoms with Gasteiger partial charge in [0, 0.05) is 32.6 Å². The van der Waals surface area contributed by atoms with E-state index in [1.165, 1.54) is 28.6 Å². The molecule has 0 unspecified atom stereocenters. The van der Waals surface area contributed by atoms with E-state index in [1.54, 1.807) is 25.1 Å². The molecule has 5 rings (SSSR count). The normalized spacial score (nSPS) is 16.3. The molecule has 36 heavy (non-hydrogen) atoms. The molecule has 3 heterocycles. The lowest BCUT2D eigenvalue weighted by Crippen LogP contribution is -2.38. The molecule has 0 spiro atoms. The zero-order valence-electron chi connectivity index (χ0n) is 19.9. The van der Waals surface area contributed by atoms with Crippen molar-refractivity contribution >= 4 is 16.0 Å². The van der Waals surface area contributed by atoms with Crippen LogP contribution in [0.1, 0.15) is 41.6 Å². The van der Waals surface area contributed by atoms with Crippen molar-refractivity contribution in [2.24, 2.45) is 0 Å². The molecule has 1 aromatic heterocycles. The summed E-state index contributed by atoms with van der Waals surface area (Å²) in [6.07, 6.45) is 3.65. The van der Waals surface area contributed by atoms with Crippen LogP contribution in [0.5, 0.6) is 11.6 Å². The van der Waals surface area contributed by atoms with E-state index in [-0.39, 0.29) is 35.2 Å². The standard InChI is InChI=1S/C26H26FN5O3S/c1-18-15-20(9-10-22(18)27)35-25-21-17-32(36(33,34)24-8-4-3-7-19(24)16-28)14-11-23(21)29-26(30-25)31-12-5-2-6-13-31/h3-4,7-10,15H,2,5-6,11-14,17H2,1H3. The van der Waals surface area contributed by atoms with E-state index in [0.717, 1.165) is 38.0 Å². The Bertz CT molecular complexity index is 1450. The smallest absolute Gasteiger partial charge is 0.244 e. The van der Waals surface area contributed by atoms with Gasteiger partial charge in [-0.1, -0.05) is 12.1 Å². The predicted octanol–water partition coefficient (Wildman–Crippen LogP) is 4.33. The number of nitrogens with zero attached hydrogens (tertiary/aromatic N) is 5. The Morgan fingerprint density at radius 3 is 2.58 bits per heavy atom. The minimum Gasteiger partial charge on any atom is -0.438 e. The SMILES string of the molecule is Cc1cc(Oc2nc(N3CCCCC3)nc3c2CN(S(=O)(=O)c2ccccc2C#N)CC3)ccc1F. The van der Waals surface area contributed by atoms with Crippen molar-refractivity contribution in [3.05, 3.63) is 70.7 Å². The molecule has 0 atom stereocenters. The number of aromatic nitrogens is 2. The van der Waals surface area contributed by atoms with Crippen molar-refractivity contribution < 1.29 is 17.5 Å². The van der Waals surface area contributed by atoms with Crippen LogP contribution in [-0.2, 0) is 23.0 Å². The van der Waals surface area contributed by atoms with E-state index in [0.29, 0.717) is 29.2 Å². The minimum atomic E-state index is -3.94. The summed E-state index contributed by atoms with van der Waals surface area (Å²) in [7, 11) is -3.94. The molecule has 3 aromatic rings. The quantitative estimate of drug-likeness (QED) is 0.507. The average molecular weight is 508 g/mol. The van der Waals surface area contributed by atoms with Crippen molar-refractivity contribution in [1.82, 2.24) is 14.3 Å². The molecule has 0 radical (unpaired) electrons. The molecule has 10 heteroatoms. The van der Waals surface area contributed by atoms with Gasteiger partial charge in [-0.2, -0.15) is 14.6 Å². The Balaban J connectivity index is 1.54. The molecule has 1 fully saturated rings. The Morgan fingerprint density at radius 1 is 1.06 bits per heavy atom. The first kappa shape index (κ1) is 24.2. The topological polar surface area (TPSA) is 99.4 Å². The second-order valence-corrected chi connectivity index (χ2v) is 10.9. The average Bonchev–Trinajstić information content (AvgIpc) is 2.91. The number of hydrogen-bond donors (Lipinski definition) is 0. The van der Waals surface area contributed by atoms with Gasteiger partial charge in [-0.05, 0) is 62.1 Å². The molecule has 2 aliphatic heterocycles. The number of sulfonamides is 1. The Morgan fingerprint density at radius 2 is 1.83 bits per heavy atom. The highest BCUT2D eigenvalue weighted by Crippen LogP contribution is 2.34. The molecular formula is C26H26FN5O3S. The third-order valence-corrected chi connectivity index (χ3v) is 8.49. The number of halogens is 1. The molecule has 0 aliphatic carbocycles. The summed E-state index contributed by atoms with van der Waals surface area (Å²) in [5.74, 6) is 0.900. The molecule has 2 aromatic carbocycles. The summed E-state index contributed by atoms with van der Waals surface area (Å²) in [5, 5.41) is 9.44. The van der Waals surface area contributed by atoms with Gasteiger partial charge in [0.05, 0.1) is 21.7 Å². The van der Waals surface area contributed by atoms with Crippen LogP contribution in [0.4, 0.5) is 10.3 Å². The summed E-state index contributed by atoms with van der Waals surface area (Å²) < 4.78 is 48.3. The number of piperidine rings is 1. The van der Waals surface area contributed by atoms with E-state index in [1.807, 2.05) is 6.07 Å². The van der Waals surface area contributed by atoms with Crippen molar-refractivity contribution in [1.29, 1.82) is 5.26 Å². The molecule has 0 N–H and O–H groups in total. The Kier molecular flexibility index (Phi) is 6.60. The van der Waals surface area contributed by atoms with Crippen LogP contribution < -0.4 is 9.64 Å². The monoisotopic (exact) mass is 507 g/mol. The maximum Gasteiger partial charge on any atom is 0.244 e. The van der Waals surface area contributed by atoms with Gasteiger partial charge in [0.25, 0.3) is 0 Å². The maximum atomic E-state index is 13.8. The fourth-order valence-electron chi connectivity index (χ4n) is 4.59. The Hall–Kier alpha value is -3.55. The highest BCUT2D eigenvalue weighted by atomic mass is 32.2. The first-order valence-electron chi connectivity index (χ1n) is 11.9. The highest BCUT2D eigenvalue weighted by Gasteiger charge is 2.33. The molecular weight excluding hydrogens is 481 g/mol. The zero-order valence-corrected chi connectivity index (χ0v) is 20.8. The van der Waals surface area contributed by atoms with Crippen LogP contribution in [-0.4, -0.2) is 42.3 Å². The lowest BCUT2D eigenvalue weighted by molar-refractivity contribution is 0.368. The van der Waals surface area contributed by atoms with Gasteiger partial charge in [-0.25, -0.2) is 17.8 Å². The number of hydrogen-bond acceptors (Lipinski definition) is 7. The van der Waals surface area contributed by atoms with E-state index in [9.17, 15) is 18.1 Å². The maximum absolute atomic E-state index is 13.8. The number of fused-ring (bicyclic) bond motifs is 1. The van der Waals surface area contributed by atoms with Gasteiger partial charge in [-0.3, -0.25) is 0 Å². The second-order valence-electron chi connectivity index (χ2n) is 9.01. The zero-order chi connectivity index (χ0) is 25.3. The number of anilines is 1. The van der Waals surface area contributed by atoms with Crippen molar-refractivity contribution in [2.75, 3.05) is 24.5 Å². The summed E-state index contributed by atoms with van der Waals surface area (Å²) in [6.45, 7) is 3.57. The van der Waals surface area contributed by atoms with E-state index in [4.69, 9.17) is 14.7 Å². The fraction of sp³-hybridized carbons (Fsp3) is 0.346.